The van der Waals surface area contributed by atoms with E-state index in [1.54, 1.807) is 7.05 Å². The number of nitroso groups, excluding NO2 is 1. The minimum absolute atomic E-state index is 0.769. The quantitative estimate of drug-likeness (QED) is 0.365. The van der Waals surface area contributed by atoms with E-state index in [1.165, 1.54) is 5.01 Å². The summed E-state index contributed by atoms with van der Waals surface area (Å²) in [6.07, 6.45) is 9.25. The van der Waals surface area contributed by atoms with E-state index in [-0.39, 0.29) is 0 Å². The third-order valence-corrected chi connectivity index (χ3v) is 1.29. The summed E-state index contributed by atoms with van der Waals surface area (Å²) >= 11 is 0. The molecule has 0 rings (SSSR count). The van der Waals surface area contributed by atoms with Gasteiger partial charge in [0.15, 0.2) is 0 Å². The van der Waals surface area contributed by atoms with Crippen molar-refractivity contribution in [3.8, 4) is 0 Å². The average molecular weight is 166 g/mol. The number of likely N-dealkylation sites (N-methyl/N-ethyl adjacent to an activating group) is 1. The first-order valence-electron chi connectivity index (χ1n) is 3.79. The summed E-state index contributed by atoms with van der Waals surface area (Å²) in [6, 6.07) is 0. The highest BCUT2D eigenvalue weighted by Crippen LogP contribution is 2.03. The van der Waals surface area contributed by atoms with Crippen LogP contribution in [0.4, 0.5) is 0 Å². The van der Waals surface area contributed by atoms with Crippen molar-refractivity contribution in [2.75, 3.05) is 7.05 Å². The minimum atomic E-state index is 0.769. The maximum atomic E-state index is 10.2. The fourth-order valence-electron chi connectivity index (χ4n) is 0.684. The Morgan fingerprint density at radius 3 is 2.42 bits per heavy atom. The highest BCUT2D eigenvalue weighted by atomic mass is 16.3. The molecular formula is C9H14N2O. The van der Waals surface area contributed by atoms with Crippen molar-refractivity contribution in [3.05, 3.63) is 41.0 Å². The van der Waals surface area contributed by atoms with Crippen molar-refractivity contribution in [1.29, 1.82) is 0 Å². The Morgan fingerprint density at radius 1 is 1.33 bits per heavy atom. The molecule has 0 aliphatic carbocycles. The van der Waals surface area contributed by atoms with Gasteiger partial charge in [-0.2, -0.15) is 0 Å². The molecule has 0 unspecified atom stereocenters. The second kappa shape index (κ2) is 6.34. The van der Waals surface area contributed by atoms with Gasteiger partial charge in [-0.05, 0) is 26.0 Å². The molecule has 0 radical (unpaired) electrons. The molecule has 0 N–H and O–H groups in total. The fraction of sp³-hybridized carbons (Fsp3) is 0.333. The smallest absolute Gasteiger partial charge is 0.0619 e. The second-order valence-corrected chi connectivity index (χ2v) is 2.22. The van der Waals surface area contributed by atoms with Gasteiger partial charge in [0, 0.05) is 7.05 Å². The van der Waals surface area contributed by atoms with E-state index in [2.05, 4.69) is 5.29 Å². The minimum Gasteiger partial charge on any atom is -0.232 e. The summed E-state index contributed by atoms with van der Waals surface area (Å²) in [5.74, 6) is 0. The maximum Gasteiger partial charge on any atom is 0.0619 e. The molecule has 0 saturated carbocycles. The third-order valence-electron chi connectivity index (χ3n) is 1.29. The van der Waals surface area contributed by atoms with Gasteiger partial charge in [-0.25, -0.2) is 5.01 Å². The Hall–Kier alpha value is -1.38. The molecule has 0 atom stereocenters. The van der Waals surface area contributed by atoms with Crippen LogP contribution in [0.5, 0.6) is 0 Å². The normalized spacial score (nSPS) is 12.8. The molecule has 0 spiro atoms. The topological polar surface area (TPSA) is 32.7 Å². The van der Waals surface area contributed by atoms with E-state index in [4.69, 9.17) is 0 Å². The Kier molecular flexibility index (Phi) is 5.61. The highest BCUT2D eigenvalue weighted by molar-refractivity contribution is 5.21. The van der Waals surface area contributed by atoms with Gasteiger partial charge in [0.25, 0.3) is 0 Å². The second-order valence-electron chi connectivity index (χ2n) is 2.22. The standard InChI is InChI=1S/C9H14N2O/c1-4-6-8-9(7-5-2)11(3)10-12/h4-8H,1-3H3/b6-4-,7-5-,9-8+. The number of rotatable bonds is 4. The van der Waals surface area contributed by atoms with Gasteiger partial charge in [0.05, 0.1) is 11.0 Å². The molecule has 12 heavy (non-hydrogen) atoms. The van der Waals surface area contributed by atoms with Crippen LogP contribution in [0.1, 0.15) is 13.8 Å². The predicted octanol–water partition coefficient (Wildman–Crippen LogP) is 2.64. The van der Waals surface area contributed by atoms with Gasteiger partial charge in [-0.15, -0.1) is 4.91 Å². The summed E-state index contributed by atoms with van der Waals surface area (Å²) in [5.41, 5.74) is 0.769. The van der Waals surface area contributed by atoms with Crippen LogP contribution < -0.4 is 0 Å². The molecule has 0 fully saturated rings. The van der Waals surface area contributed by atoms with Gasteiger partial charge in [-0.1, -0.05) is 18.2 Å². The van der Waals surface area contributed by atoms with Gasteiger partial charge < -0.3 is 0 Å². The largest absolute Gasteiger partial charge is 0.232 e. The molecule has 0 saturated heterocycles. The Labute approximate surface area is 73.0 Å². The molecule has 0 aromatic heterocycles. The van der Waals surface area contributed by atoms with Crippen LogP contribution in [0.3, 0.4) is 0 Å². The van der Waals surface area contributed by atoms with E-state index in [0.717, 1.165) is 5.70 Å². The van der Waals surface area contributed by atoms with Crippen LogP contribution in [0.25, 0.3) is 0 Å². The Morgan fingerprint density at radius 2 is 2.00 bits per heavy atom. The third kappa shape index (κ3) is 3.71. The van der Waals surface area contributed by atoms with Gasteiger partial charge in [0.1, 0.15) is 0 Å². The monoisotopic (exact) mass is 166 g/mol. The van der Waals surface area contributed by atoms with Crippen molar-refractivity contribution in [2.24, 2.45) is 5.29 Å². The van der Waals surface area contributed by atoms with Crippen LogP contribution in [0.15, 0.2) is 41.4 Å². The first-order chi connectivity index (χ1) is 5.76. The number of allylic oxidation sites excluding steroid dienone is 5. The summed E-state index contributed by atoms with van der Waals surface area (Å²) in [6.45, 7) is 3.81. The summed E-state index contributed by atoms with van der Waals surface area (Å²) in [4.78, 5) is 10.2. The first kappa shape index (κ1) is 10.6. The molecule has 0 aliphatic rings. The first-order valence-corrected chi connectivity index (χ1v) is 3.79. The molecule has 3 nitrogen and oxygen atoms in total. The number of hydrogen-bond donors (Lipinski definition) is 0. The molecule has 0 aromatic carbocycles. The van der Waals surface area contributed by atoms with Crippen LogP contribution in [0.2, 0.25) is 0 Å². The molecule has 0 aromatic rings. The zero-order valence-electron chi connectivity index (χ0n) is 7.69. The van der Waals surface area contributed by atoms with Gasteiger partial charge in [-0.3, -0.25) is 0 Å². The molecule has 66 valence electrons. The lowest BCUT2D eigenvalue weighted by Gasteiger charge is -2.07. The molecule has 0 aliphatic heterocycles. The zero-order chi connectivity index (χ0) is 9.40. The Balaban J connectivity index is 4.52. The van der Waals surface area contributed by atoms with Crippen molar-refractivity contribution >= 4 is 0 Å². The SMILES string of the molecule is C\C=C/C=C(\C=C/C)N(C)N=O. The summed E-state index contributed by atoms with van der Waals surface area (Å²) in [5, 5.41) is 4.07. The lowest BCUT2D eigenvalue weighted by Crippen LogP contribution is -2.06. The van der Waals surface area contributed by atoms with Crippen LogP contribution >= 0.6 is 0 Å². The van der Waals surface area contributed by atoms with Crippen molar-refractivity contribution in [1.82, 2.24) is 5.01 Å². The van der Waals surface area contributed by atoms with Crippen LogP contribution in [-0.4, -0.2) is 12.1 Å². The molecule has 0 amide bonds. The molecule has 3 heteroatoms. The average Bonchev–Trinajstić information content (AvgIpc) is 2.11. The summed E-state index contributed by atoms with van der Waals surface area (Å²) < 4.78 is 0. The van der Waals surface area contributed by atoms with E-state index >= 15 is 0 Å². The summed E-state index contributed by atoms with van der Waals surface area (Å²) in [7, 11) is 1.61. The lowest BCUT2D eigenvalue weighted by atomic mass is 10.3. The number of nitrogens with zero attached hydrogens (tertiary/aromatic N) is 2. The molecular weight excluding hydrogens is 152 g/mol. The van der Waals surface area contributed by atoms with E-state index in [1.807, 2.05) is 44.2 Å². The predicted molar refractivity (Wildman–Crippen MR) is 51.3 cm³/mol. The highest BCUT2D eigenvalue weighted by Gasteiger charge is 1.96. The van der Waals surface area contributed by atoms with Crippen molar-refractivity contribution in [2.45, 2.75) is 13.8 Å². The maximum absolute atomic E-state index is 10.2. The van der Waals surface area contributed by atoms with Gasteiger partial charge >= 0.3 is 0 Å². The molecule has 0 heterocycles. The van der Waals surface area contributed by atoms with Crippen LogP contribution in [0, 0.1) is 4.91 Å². The van der Waals surface area contributed by atoms with E-state index in [0.29, 0.717) is 0 Å². The van der Waals surface area contributed by atoms with E-state index < -0.39 is 0 Å². The van der Waals surface area contributed by atoms with Crippen molar-refractivity contribution in [3.63, 3.8) is 0 Å². The number of hydrogen-bond acceptors (Lipinski definition) is 2. The fourth-order valence-corrected chi connectivity index (χ4v) is 0.684. The molecule has 0 bridgehead atoms. The van der Waals surface area contributed by atoms with Crippen molar-refractivity contribution < 1.29 is 0 Å². The lowest BCUT2D eigenvalue weighted by molar-refractivity contribution is 0.454. The Bertz CT molecular complexity index is 217. The van der Waals surface area contributed by atoms with E-state index in [9.17, 15) is 4.91 Å². The zero-order valence-corrected chi connectivity index (χ0v) is 7.69. The van der Waals surface area contributed by atoms with Crippen LogP contribution in [-0.2, 0) is 0 Å². The van der Waals surface area contributed by atoms with Gasteiger partial charge in [0.2, 0.25) is 0 Å².